The fourth-order valence-electron chi connectivity index (χ4n) is 2.08. The van der Waals surface area contributed by atoms with E-state index in [4.69, 9.17) is 0 Å². The second-order valence-corrected chi connectivity index (χ2v) is 5.04. The van der Waals surface area contributed by atoms with Crippen LogP contribution in [-0.4, -0.2) is 17.0 Å². The van der Waals surface area contributed by atoms with Gasteiger partial charge in [0.15, 0.2) is 0 Å². The van der Waals surface area contributed by atoms with Crippen LogP contribution in [0, 0.1) is 5.92 Å². The van der Waals surface area contributed by atoms with Gasteiger partial charge in [0, 0.05) is 6.42 Å². The standard InChI is InChI=1S/C16H23NO3/c1-3-4-6-11-14(18)17-15(12(2)16(19)20)13-9-7-5-8-10-13/h5,7-10,12,15H,3-4,6,11H2,1-2H3,(H,17,18)(H,19,20). The summed E-state index contributed by atoms with van der Waals surface area (Å²) in [6, 6.07) is 8.77. The fourth-order valence-corrected chi connectivity index (χ4v) is 2.08. The van der Waals surface area contributed by atoms with E-state index in [9.17, 15) is 14.7 Å². The molecular weight excluding hydrogens is 254 g/mol. The molecule has 0 saturated heterocycles. The van der Waals surface area contributed by atoms with E-state index in [1.165, 1.54) is 0 Å². The van der Waals surface area contributed by atoms with E-state index in [0.29, 0.717) is 6.42 Å². The van der Waals surface area contributed by atoms with Gasteiger partial charge < -0.3 is 10.4 Å². The van der Waals surface area contributed by atoms with Gasteiger partial charge in [-0.3, -0.25) is 9.59 Å². The van der Waals surface area contributed by atoms with Crippen LogP contribution in [0.2, 0.25) is 0 Å². The summed E-state index contributed by atoms with van der Waals surface area (Å²) in [4.78, 5) is 23.1. The largest absolute Gasteiger partial charge is 0.481 e. The van der Waals surface area contributed by atoms with Crippen LogP contribution < -0.4 is 5.32 Å². The highest BCUT2D eigenvalue weighted by Gasteiger charge is 2.26. The maximum absolute atomic E-state index is 11.9. The molecule has 0 radical (unpaired) electrons. The van der Waals surface area contributed by atoms with Gasteiger partial charge in [-0.1, -0.05) is 50.1 Å². The highest BCUT2D eigenvalue weighted by atomic mass is 16.4. The van der Waals surface area contributed by atoms with Gasteiger partial charge in [0.25, 0.3) is 0 Å². The van der Waals surface area contributed by atoms with Crippen molar-refractivity contribution in [2.24, 2.45) is 5.92 Å². The van der Waals surface area contributed by atoms with Crippen LogP contribution in [0.25, 0.3) is 0 Å². The number of amides is 1. The van der Waals surface area contributed by atoms with E-state index < -0.39 is 17.9 Å². The minimum Gasteiger partial charge on any atom is -0.481 e. The van der Waals surface area contributed by atoms with E-state index in [1.54, 1.807) is 6.92 Å². The van der Waals surface area contributed by atoms with Crippen LogP contribution in [-0.2, 0) is 9.59 Å². The van der Waals surface area contributed by atoms with Crippen molar-refractivity contribution in [3.05, 3.63) is 35.9 Å². The van der Waals surface area contributed by atoms with Gasteiger partial charge in [-0.05, 0) is 18.9 Å². The average molecular weight is 277 g/mol. The number of hydrogen-bond acceptors (Lipinski definition) is 2. The zero-order valence-electron chi connectivity index (χ0n) is 12.1. The quantitative estimate of drug-likeness (QED) is 0.717. The number of rotatable bonds is 8. The molecule has 1 aromatic carbocycles. The molecule has 0 aliphatic carbocycles. The molecule has 1 amide bonds. The van der Waals surface area contributed by atoms with Crippen LogP contribution in [0.3, 0.4) is 0 Å². The van der Waals surface area contributed by atoms with Gasteiger partial charge in [-0.2, -0.15) is 0 Å². The molecule has 2 N–H and O–H groups in total. The summed E-state index contributed by atoms with van der Waals surface area (Å²) in [5.41, 5.74) is 0.825. The van der Waals surface area contributed by atoms with E-state index in [0.717, 1.165) is 24.8 Å². The third-order valence-electron chi connectivity index (χ3n) is 3.37. The Kier molecular flexibility index (Phi) is 6.77. The van der Waals surface area contributed by atoms with Crippen molar-refractivity contribution >= 4 is 11.9 Å². The Hall–Kier alpha value is -1.84. The first kappa shape index (κ1) is 16.2. The Morgan fingerprint density at radius 1 is 1.20 bits per heavy atom. The van der Waals surface area contributed by atoms with Crippen molar-refractivity contribution in [1.82, 2.24) is 5.32 Å². The molecular formula is C16H23NO3. The van der Waals surface area contributed by atoms with E-state index in [1.807, 2.05) is 30.3 Å². The normalized spacial score (nSPS) is 13.5. The minimum absolute atomic E-state index is 0.0830. The molecule has 20 heavy (non-hydrogen) atoms. The molecule has 2 atom stereocenters. The van der Waals surface area contributed by atoms with Crippen molar-refractivity contribution in [2.75, 3.05) is 0 Å². The Balaban J connectivity index is 2.74. The Labute approximate surface area is 120 Å². The first-order valence-corrected chi connectivity index (χ1v) is 7.13. The first-order valence-electron chi connectivity index (χ1n) is 7.13. The van der Waals surface area contributed by atoms with Crippen LogP contribution in [0.5, 0.6) is 0 Å². The number of unbranched alkanes of at least 4 members (excludes halogenated alkanes) is 2. The molecule has 2 unspecified atom stereocenters. The molecule has 0 aliphatic rings. The number of carbonyl (C=O) groups is 2. The molecule has 0 bridgehead atoms. The smallest absolute Gasteiger partial charge is 0.308 e. The molecule has 4 nitrogen and oxygen atoms in total. The molecule has 4 heteroatoms. The highest BCUT2D eigenvalue weighted by molar-refractivity contribution is 5.78. The molecule has 0 spiro atoms. The number of carboxylic acids is 1. The highest BCUT2D eigenvalue weighted by Crippen LogP contribution is 2.22. The topological polar surface area (TPSA) is 66.4 Å². The Morgan fingerprint density at radius 2 is 1.85 bits per heavy atom. The average Bonchev–Trinajstić information content (AvgIpc) is 2.45. The van der Waals surface area contributed by atoms with Crippen LogP contribution in [0.4, 0.5) is 0 Å². The Bertz CT molecular complexity index is 431. The maximum atomic E-state index is 11.9. The summed E-state index contributed by atoms with van der Waals surface area (Å²) in [5, 5.41) is 12.0. The number of aliphatic carboxylic acids is 1. The third-order valence-corrected chi connectivity index (χ3v) is 3.37. The van der Waals surface area contributed by atoms with Crippen molar-refractivity contribution in [3.63, 3.8) is 0 Å². The lowest BCUT2D eigenvalue weighted by Crippen LogP contribution is -2.35. The van der Waals surface area contributed by atoms with Crippen LogP contribution in [0.1, 0.15) is 51.1 Å². The first-order chi connectivity index (χ1) is 9.56. The predicted molar refractivity (Wildman–Crippen MR) is 78.3 cm³/mol. The second kappa shape index (κ2) is 8.35. The van der Waals surface area contributed by atoms with Gasteiger partial charge in [-0.15, -0.1) is 0 Å². The summed E-state index contributed by atoms with van der Waals surface area (Å²) in [5.74, 6) is -1.65. The van der Waals surface area contributed by atoms with E-state index in [2.05, 4.69) is 12.2 Å². The lowest BCUT2D eigenvalue weighted by molar-refractivity contribution is -0.142. The summed E-state index contributed by atoms with van der Waals surface area (Å²) in [6.45, 7) is 3.70. The lowest BCUT2D eigenvalue weighted by Gasteiger charge is -2.23. The fraction of sp³-hybridized carbons (Fsp3) is 0.500. The van der Waals surface area contributed by atoms with E-state index >= 15 is 0 Å². The van der Waals surface area contributed by atoms with Crippen LogP contribution in [0.15, 0.2) is 30.3 Å². The van der Waals surface area contributed by atoms with Crippen molar-refractivity contribution in [2.45, 2.75) is 45.6 Å². The summed E-state index contributed by atoms with van der Waals surface area (Å²) in [6.07, 6.45) is 3.35. The van der Waals surface area contributed by atoms with Crippen molar-refractivity contribution in [3.8, 4) is 0 Å². The molecule has 0 aliphatic heterocycles. The molecule has 0 saturated carbocycles. The van der Waals surface area contributed by atoms with Gasteiger partial charge in [-0.25, -0.2) is 0 Å². The second-order valence-electron chi connectivity index (χ2n) is 5.04. The predicted octanol–water partition coefficient (Wildman–Crippen LogP) is 3.14. The van der Waals surface area contributed by atoms with Gasteiger partial charge >= 0.3 is 5.97 Å². The molecule has 0 fully saturated rings. The molecule has 0 heterocycles. The zero-order valence-corrected chi connectivity index (χ0v) is 12.1. The summed E-state index contributed by atoms with van der Waals surface area (Å²) >= 11 is 0. The van der Waals surface area contributed by atoms with Crippen molar-refractivity contribution < 1.29 is 14.7 Å². The zero-order chi connectivity index (χ0) is 15.0. The van der Waals surface area contributed by atoms with Gasteiger partial charge in [0.05, 0.1) is 12.0 Å². The molecule has 110 valence electrons. The third kappa shape index (κ3) is 5.03. The summed E-state index contributed by atoms with van der Waals surface area (Å²) in [7, 11) is 0. The van der Waals surface area contributed by atoms with Crippen molar-refractivity contribution in [1.29, 1.82) is 0 Å². The lowest BCUT2D eigenvalue weighted by atomic mass is 9.94. The number of carboxylic acid groups (broad SMARTS) is 1. The maximum Gasteiger partial charge on any atom is 0.308 e. The number of nitrogens with one attached hydrogen (secondary N) is 1. The van der Waals surface area contributed by atoms with Gasteiger partial charge in [0.2, 0.25) is 5.91 Å². The minimum atomic E-state index is -0.910. The SMILES string of the molecule is CCCCCC(=O)NC(c1ccccc1)C(C)C(=O)O. The number of hydrogen-bond donors (Lipinski definition) is 2. The molecule has 1 rings (SSSR count). The molecule has 1 aromatic rings. The molecule has 0 aromatic heterocycles. The Morgan fingerprint density at radius 3 is 2.40 bits per heavy atom. The van der Waals surface area contributed by atoms with Gasteiger partial charge in [0.1, 0.15) is 0 Å². The number of carbonyl (C=O) groups excluding carboxylic acids is 1. The van der Waals surface area contributed by atoms with Crippen LogP contribution >= 0.6 is 0 Å². The number of benzene rings is 1. The monoisotopic (exact) mass is 277 g/mol. The summed E-state index contributed by atoms with van der Waals surface area (Å²) < 4.78 is 0. The van der Waals surface area contributed by atoms with E-state index in [-0.39, 0.29) is 5.91 Å².